The van der Waals surface area contributed by atoms with Gasteiger partial charge in [-0.1, -0.05) is 20.8 Å². The zero-order valence-corrected chi connectivity index (χ0v) is 8.82. The summed E-state index contributed by atoms with van der Waals surface area (Å²) >= 11 is 0. The van der Waals surface area contributed by atoms with Gasteiger partial charge in [0.25, 0.3) is 0 Å². The van der Waals surface area contributed by atoms with E-state index >= 15 is 0 Å². The molecule has 0 fully saturated rings. The Hall–Kier alpha value is -1.32. The number of aromatic nitrogens is 2. The average Bonchev–Trinajstić information content (AvgIpc) is 2.46. The van der Waals surface area contributed by atoms with Crippen LogP contribution in [0.15, 0.2) is 6.20 Å². The Morgan fingerprint density at radius 3 is 2.71 bits per heavy atom. The van der Waals surface area contributed by atoms with Crippen molar-refractivity contribution >= 4 is 5.97 Å². The van der Waals surface area contributed by atoms with Gasteiger partial charge in [0.05, 0.1) is 11.9 Å². The second kappa shape index (κ2) is 4.26. The summed E-state index contributed by atoms with van der Waals surface area (Å²) in [6, 6.07) is 0. The Bertz CT molecular complexity index is 329. The van der Waals surface area contributed by atoms with E-state index in [0.29, 0.717) is 17.9 Å². The molecule has 0 aliphatic rings. The van der Waals surface area contributed by atoms with Crippen molar-refractivity contribution in [1.82, 2.24) is 9.78 Å². The summed E-state index contributed by atoms with van der Waals surface area (Å²) < 4.78 is 1.79. The first-order valence-electron chi connectivity index (χ1n) is 4.84. The standard InChI is InChI=1S/C10H16N2O2/c1-4-9-8(10(13)14)5-11-12(9)6-7(2)3/h5,7H,4,6H2,1-3H3,(H,13,14). The lowest BCUT2D eigenvalue weighted by atomic mass is 10.2. The Morgan fingerprint density at radius 2 is 2.29 bits per heavy atom. The van der Waals surface area contributed by atoms with Gasteiger partial charge in [-0.3, -0.25) is 4.68 Å². The van der Waals surface area contributed by atoms with Crippen molar-refractivity contribution < 1.29 is 9.90 Å². The molecule has 0 aromatic carbocycles. The zero-order valence-electron chi connectivity index (χ0n) is 8.82. The van der Waals surface area contributed by atoms with Crippen LogP contribution in [0, 0.1) is 5.92 Å². The molecular formula is C10H16N2O2. The van der Waals surface area contributed by atoms with Gasteiger partial charge in [-0.25, -0.2) is 4.79 Å². The van der Waals surface area contributed by atoms with Crippen LogP contribution in [0.1, 0.15) is 36.8 Å². The summed E-state index contributed by atoms with van der Waals surface area (Å²) in [6.45, 7) is 6.89. The first-order valence-corrected chi connectivity index (χ1v) is 4.84. The van der Waals surface area contributed by atoms with E-state index in [0.717, 1.165) is 12.2 Å². The van der Waals surface area contributed by atoms with Gasteiger partial charge in [-0.2, -0.15) is 5.10 Å². The summed E-state index contributed by atoms with van der Waals surface area (Å²) in [5, 5.41) is 13.0. The Labute approximate surface area is 83.5 Å². The van der Waals surface area contributed by atoms with Crippen molar-refractivity contribution in [2.45, 2.75) is 33.7 Å². The van der Waals surface area contributed by atoms with E-state index in [1.807, 2.05) is 6.92 Å². The fraction of sp³-hybridized carbons (Fsp3) is 0.600. The monoisotopic (exact) mass is 196 g/mol. The molecule has 0 radical (unpaired) electrons. The van der Waals surface area contributed by atoms with E-state index in [9.17, 15) is 4.79 Å². The van der Waals surface area contributed by atoms with Crippen LogP contribution >= 0.6 is 0 Å². The largest absolute Gasteiger partial charge is 0.478 e. The first kappa shape index (κ1) is 10.8. The SMILES string of the molecule is CCc1c(C(=O)O)cnn1CC(C)C. The highest BCUT2D eigenvalue weighted by atomic mass is 16.4. The molecule has 0 aliphatic heterocycles. The number of carboxylic acid groups (broad SMARTS) is 1. The highest BCUT2D eigenvalue weighted by Gasteiger charge is 2.15. The first-order chi connectivity index (χ1) is 6.56. The molecule has 4 nitrogen and oxygen atoms in total. The molecule has 0 spiro atoms. The topological polar surface area (TPSA) is 55.1 Å². The predicted molar refractivity (Wildman–Crippen MR) is 53.4 cm³/mol. The molecule has 1 aromatic heterocycles. The van der Waals surface area contributed by atoms with Gasteiger partial charge < -0.3 is 5.11 Å². The van der Waals surface area contributed by atoms with E-state index in [1.54, 1.807) is 4.68 Å². The van der Waals surface area contributed by atoms with Gasteiger partial charge in [0, 0.05) is 6.54 Å². The number of hydrogen-bond donors (Lipinski definition) is 1. The van der Waals surface area contributed by atoms with Crippen molar-refractivity contribution in [3.63, 3.8) is 0 Å². The number of aromatic carboxylic acids is 1. The van der Waals surface area contributed by atoms with Crippen LogP contribution in [0.4, 0.5) is 0 Å². The third kappa shape index (κ3) is 2.13. The lowest BCUT2D eigenvalue weighted by Crippen LogP contribution is -2.11. The molecule has 0 saturated carbocycles. The summed E-state index contributed by atoms with van der Waals surface area (Å²) in [7, 11) is 0. The number of hydrogen-bond acceptors (Lipinski definition) is 2. The molecule has 0 saturated heterocycles. The molecule has 1 aromatic rings. The predicted octanol–water partition coefficient (Wildman–Crippen LogP) is 1.80. The van der Waals surface area contributed by atoms with Gasteiger partial charge in [0.15, 0.2) is 0 Å². The van der Waals surface area contributed by atoms with Crippen LogP contribution in [0.5, 0.6) is 0 Å². The average molecular weight is 196 g/mol. The molecule has 1 N–H and O–H groups in total. The fourth-order valence-electron chi connectivity index (χ4n) is 1.47. The van der Waals surface area contributed by atoms with Crippen LogP contribution < -0.4 is 0 Å². The van der Waals surface area contributed by atoms with E-state index in [2.05, 4.69) is 18.9 Å². The van der Waals surface area contributed by atoms with Crippen molar-refractivity contribution in [1.29, 1.82) is 0 Å². The summed E-state index contributed by atoms with van der Waals surface area (Å²) in [6.07, 6.45) is 2.14. The zero-order chi connectivity index (χ0) is 10.7. The molecule has 0 atom stereocenters. The van der Waals surface area contributed by atoms with Gasteiger partial charge in [0.2, 0.25) is 0 Å². The number of carbonyl (C=O) groups is 1. The maximum atomic E-state index is 10.8. The van der Waals surface area contributed by atoms with Crippen molar-refractivity contribution in [3.05, 3.63) is 17.5 Å². The molecule has 14 heavy (non-hydrogen) atoms. The lowest BCUT2D eigenvalue weighted by Gasteiger charge is -2.08. The van der Waals surface area contributed by atoms with Crippen LogP contribution in [0.25, 0.3) is 0 Å². The van der Waals surface area contributed by atoms with Crippen LogP contribution in [0.3, 0.4) is 0 Å². The third-order valence-corrected chi connectivity index (χ3v) is 2.05. The second-order valence-electron chi connectivity index (χ2n) is 3.74. The van der Waals surface area contributed by atoms with Crippen molar-refractivity contribution in [2.24, 2.45) is 5.92 Å². The highest BCUT2D eigenvalue weighted by molar-refractivity contribution is 5.88. The van der Waals surface area contributed by atoms with Crippen LogP contribution in [0.2, 0.25) is 0 Å². The number of nitrogens with zero attached hydrogens (tertiary/aromatic N) is 2. The smallest absolute Gasteiger partial charge is 0.339 e. The van der Waals surface area contributed by atoms with Crippen LogP contribution in [-0.4, -0.2) is 20.9 Å². The molecule has 0 unspecified atom stereocenters. The molecule has 1 heterocycles. The summed E-state index contributed by atoms with van der Waals surface area (Å²) in [5.74, 6) is -0.418. The van der Waals surface area contributed by atoms with Gasteiger partial charge in [-0.15, -0.1) is 0 Å². The van der Waals surface area contributed by atoms with Crippen molar-refractivity contribution in [2.75, 3.05) is 0 Å². The minimum absolute atomic E-state index is 0.327. The minimum Gasteiger partial charge on any atom is -0.478 e. The number of carboxylic acids is 1. The van der Waals surface area contributed by atoms with E-state index in [-0.39, 0.29) is 0 Å². The lowest BCUT2D eigenvalue weighted by molar-refractivity contribution is 0.0695. The molecule has 0 amide bonds. The fourth-order valence-corrected chi connectivity index (χ4v) is 1.47. The number of rotatable bonds is 4. The molecular weight excluding hydrogens is 180 g/mol. The second-order valence-corrected chi connectivity index (χ2v) is 3.74. The molecule has 1 rings (SSSR count). The van der Waals surface area contributed by atoms with Crippen LogP contribution in [-0.2, 0) is 13.0 Å². The summed E-state index contributed by atoms with van der Waals surface area (Å²) in [5.41, 5.74) is 1.14. The summed E-state index contributed by atoms with van der Waals surface area (Å²) in [4.78, 5) is 10.8. The maximum absolute atomic E-state index is 10.8. The molecule has 78 valence electrons. The minimum atomic E-state index is -0.892. The maximum Gasteiger partial charge on any atom is 0.339 e. The Morgan fingerprint density at radius 1 is 1.64 bits per heavy atom. The van der Waals surface area contributed by atoms with Gasteiger partial charge in [0.1, 0.15) is 5.56 Å². The van der Waals surface area contributed by atoms with E-state index < -0.39 is 5.97 Å². The normalized spacial score (nSPS) is 10.9. The van der Waals surface area contributed by atoms with Gasteiger partial charge in [-0.05, 0) is 12.3 Å². The van der Waals surface area contributed by atoms with Gasteiger partial charge >= 0.3 is 5.97 Å². The van der Waals surface area contributed by atoms with E-state index in [4.69, 9.17) is 5.11 Å². The third-order valence-electron chi connectivity index (χ3n) is 2.05. The Balaban J connectivity index is 3.01. The molecule has 0 aliphatic carbocycles. The highest BCUT2D eigenvalue weighted by Crippen LogP contribution is 2.11. The van der Waals surface area contributed by atoms with Crippen molar-refractivity contribution in [3.8, 4) is 0 Å². The van der Waals surface area contributed by atoms with E-state index in [1.165, 1.54) is 6.20 Å². The molecule has 4 heteroatoms. The molecule has 0 bridgehead atoms. The quantitative estimate of drug-likeness (QED) is 0.798. The Kier molecular flexibility index (Phi) is 3.28.